The fourth-order valence-corrected chi connectivity index (χ4v) is 3.40. The van der Waals surface area contributed by atoms with Crippen LogP contribution in [0.3, 0.4) is 0 Å². The van der Waals surface area contributed by atoms with Crippen LogP contribution >= 0.6 is 11.6 Å². The Morgan fingerprint density at radius 2 is 1.88 bits per heavy atom. The van der Waals surface area contributed by atoms with Crippen LogP contribution in [0, 0.1) is 0 Å². The number of aromatic nitrogens is 2. The summed E-state index contributed by atoms with van der Waals surface area (Å²) in [6, 6.07) is 11.0. The number of halogens is 1. The fraction of sp³-hybridized carbons (Fsp3) is 0.211. The van der Waals surface area contributed by atoms with Gasteiger partial charge in [0.25, 0.3) is 11.7 Å². The molecule has 0 bridgehead atoms. The van der Waals surface area contributed by atoms with Crippen molar-refractivity contribution in [2.45, 2.75) is 0 Å². The van der Waals surface area contributed by atoms with Gasteiger partial charge in [-0.1, -0.05) is 23.7 Å². The number of fused-ring (bicyclic) bond motifs is 1. The molecule has 7 heteroatoms. The average Bonchev–Trinajstić information content (AvgIpc) is 3.10. The average molecular weight is 369 g/mol. The van der Waals surface area contributed by atoms with Crippen molar-refractivity contribution in [3.8, 4) is 0 Å². The van der Waals surface area contributed by atoms with Crippen LogP contribution in [0.15, 0.2) is 48.8 Å². The molecule has 6 nitrogen and oxygen atoms in total. The molecule has 0 atom stereocenters. The molecular weight excluding hydrogens is 352 g/mol. The van der Waals surface area contributed by atoms with Crippen LogP contribution in [0.2, 0.25) is 5.02 Å². The summed E-state index contributed by atoms with van der Waals surface area (Å²) in [5, 5.41) is 1.29. The summed E-state index contributed by atoms with van der Waals surface area (Å²) >= 11 is 5.97. The van der Waals surface area contributed by atoms with Gasteiger partial charge >= 0.3 is 0 Å². The van der Waals surface area contributed by atoms with Crippen LogP contribution in [-0.4, -0.2) is 52.7 Å². The van der Waals surface area contributed by atoms with Crippen LogP contribution in [0.25, 0.3) is 10.9 Å². The molecule has 0 aliphatic carbocycles. The molecule has 1 amide bonds. The molecule has 132 valence electrons. The molecular formula is C19H17ClN4O2. The van der Waals surface area contributed by atoms with Crippen molar-refractivity contribution < 1.29 is 9.59 Å². The number of piperazine rings is 1. The number of benzene rings is 1. The molecule has 2 aromatic heterocycles. The topological polar surface area (TPSA) is 69.3 Å². The summed E-state index contributed by atoms with van der Waals surface area (Å²) in [6.45, 7) is 2.30. The van der Waals surface area contributed by atoms with E-state index in [2.05, 4.69) is 14.9 Å². The first-order chi connectivity index (χ1) is 12.6. The van der Waals surface area contributed by atoms with Crippen molar-refractivity contribution >= 4 is 40.0 Å². The standard InChI is InChI=1S/C19H17ClN4O2/c20-13-4-5-14-15(12-22-16(14)11-13)18(25)19(26)24-9-7-23(8-10-24)17-3-1-2-6-21-17/h1-6,11-12,22H,7-10H2. The zero-order valence-corrected chi connectivity index (χ0v) is 14.7. The van der Waals surface area contributed by atoms with E-state index < -0.39 is 11.7 Å². The lowest BCUT2D eigenvalue weighted by Gasteiger charge is -2.35. The molecule has 1 fully saturated rings. The predicted molar refractivity (Wildman–Crippen MR) is 101 cm³/mol. The van der Waals surface area contributed by atoms with Gasteiger partial charge in [-0.3, -0.25) is 9.59 Å². The Bertz CT molecular complexity index is 962. The van der Waals surface area contributed by atoms with E-state index in [-0.39, 0.29) is 0 Å². The van der Waals surface area contributed by atoms with E-state index in [1.165, 1.54) is 0 Å². The van der Waals surface area contributed by atoms with E-state index in [0.717, 1.165) is 11.3 Å². The van der Waals surface area contributed by atoms with Gasteiger partial charge < -0.3 is 14.8 Å². The summed E-state index contributed by atoms with van der Waals surface area (Å²) in [7, 11) is 0. The predicted octanol–water partition coefficient (Wildman–Crippen LogP) is 2.75. The van der Waals surface area contributed by atoms with Crippen LogP contribution in [0.1, 0.15) is 10.4 Å². The maximum absolute atomic E-state index is 12.7. The summed E-state index contributed by atoms with van der Waals surface area (Å²) < 4.78 is 0. The Kier molecular flexibility index (Phi) is 4.34. The highest BCUT2D eigenvalue weighted by Crippen LogP contribution is 2.23. The molecule has 1 aliphatic heterocycles. The van der Waals surface area contributed by atoms with Gasteiger partial charge in [-0.2, -0.15) is 0 Å². The first-order valence-corrected chi connectivity index (χ1v) is 8.77. The smallest absolute Gasteiger partial charge is 0.295 e. The molecule has 4 rings (SSSR count). The molecule has 0 radical (unpaired) electrons. The summed E-state index contributed by atoms with van der Waals surface area (Å²) in [4.78, 5) is 36.4. The number of ketones is 1. The number of anilines is 1. The highest BCUT2D eigenvalue weighted by Gasteiger charge is 2.28. The van der Waals surface area contributed by atoms with Crippen LogP contribution in [0.5, 0.6) is 0 Å². The molecule has 1 aliphatic rings. The Morgan fingerprint density at radius 3 is 2.62 bits per heavy atom. The minimum Gasteiger partial charge on any atom is -0.360 e. The SMILES string of the molecule is O=C(C(=O)N1CCN(c2ccccn2)CC1)c1c[nH]c2cc(Cl)ccc12. The van der Waals surface area contributed by atoms with Crippen molar-refractivity contribution in [2.75, 3.05) is 31.1 Å². The van der Waals surface area contributed by atoms with Crippen LogP contribution in [-0.2, 0) is 4.79 Å². The van der Waals surface area contributed by atoms with Crippen molar-refractivity contribution in [1.29, 1.82) is 0 Å². The quantitative estimate of drug-likeness (QED) is 0.570. The number of pyridine rings is 1. The van der Waals surface area contributed by atoms with Gasteiger partial charge in [-0.15, -0.1) is 0 Å². The van der Waals surface area contributed by atoms with E-state index in [0.29, 0.717) is 42.2 Å². The maximum atomic E-state index is 12.7. The largest absolute Gasteiger partial charge is 0.360 e. The second-order valence-corrected chi connectivity index (χ2v) is 6.63. The van der Waals surface area contributed by atoms with Gasteiger partial charge in [-0.25, -0.2) is 4.98 Å². The van der Waals surface area contributed by atoms with Gasteiger partial charge in [0.15, 0.2) is 0 Å². The Balaban J connectivity index is 1.47. The van der Waals surface area contributed by atoms with Gasteiger partial charge in [-0.05, 0) is 24.3 Å². The number of nitrogens with zero attached hydrogens (tertiary/aromatic N) is 3. The van der Waals surface area contributed by atoms with E-state index >= 15 is 0 Å². The molecule has 1 saturated heterocycles. The third kappa shape index (κ3) is 3.04. The number of hydrogen-bond donors (Lipinski definition) is 1. The molecule has 0 saturated carbocycles. The zero-order valence-electron chi connectivity index (χ0n) is 14.0. The summed E-state index contributed by atoms with van der Waals surface area (Å²) in [5.74, 6) is -0.0780. The van der Waals surface area contributed by atoms with Gasteiger partial charge in [0.05, 0.1) is 5.56 Å². The van der Waals surface area contributed by atoms with Crippen LogP contribution in [0.4, 0.5) is 5.82 Å². The van der Waals surface area contributed by atoms with E-state index in [1.54, 1.807) is 35.5 Å². The Morgan fingerprint density at radius 1 is 1.08 bits per heavy atom. The number of carbonyl (C=O) groups is 2. The second kappa shape index (κ2) is 6.80. The number of H-pyrrole nitrogens is 1. The lowest BCUT2D eigenvalue weighted by atomic mass is 10.1. The first kappa shape index (κ1) is 16.6. The third-order valence-corrected chi connectivity index (χ3v) is 4.86. The number of rotatable bonds is 3. The molecule has 1 aromatic carbocycles. The molecule has 3 heterocycles. The minimum atomic E-state index is -0.496. The van der Waals surface area contributed by atoms with Crippen molar-refractivity contribution in [2.24, 2.45) is 0 Å². The number of aromatic amines is 1. The van der Waals surface area contributed by atoms with E-state index in [1.807, 2.05) is 18.2 Å². The second-order valence-electron chi connectivity index (χ2n) is 6.19. The fourth-order valence-electron chi connectivity index (χ4n) is 3.22. The summed E-state index contributed by atoms with van der Waals surface area (Å²) in [5.41, 5.74) is 1.13. The van der Waals surface area contributed by atoms with Crippen molar-refractivity contribution in [3.05, 3.63) is 59.4 Å². The first-order valence-electron chi connectivity index (χ1n) is 8.40. The Hall–Kier alpha value is -2.86. The maximum Gasteiger partial charge on any atom is 0.295 e. The Labute approximate surface area is 155 Å². The highest BCUT2D eigenvalue weighted by atomic mass is 35.5. The zero-order chi connectivity index (χ0) is 18.1. The number of nitrogens with one attached hydrogen (secondary N) is 1. The number of amides is 1. The molecule has 1 N–H and O–H groups in total. The van der Waals surface area contributed by atoms with E-state index in [4.69, 9.17) is 11.6 Å². The molecule has 26 heavy (non-hydrogen) atoms. The van der Waals surface area contributed by atoms with Gasteiger partial charge in [0.2, 0.25) is 0 Å². The lowest BCUT2D eigenvalue weighted by Crippen LogP contribution is -2.50. The number of Topliss-reactive ketones (excluding diaryl/α,β-unsaturated/α-hetero) is 1. The van der Waals surface area contributed by atoms with Gasteiger partial charge in [0, 0.05) is 54.5 Å². The summed E-state index contributed by atoms with van der Waals surface area (Å²) in [6.07, 6.45) is 3.32. The van der Waals surface area contributed by atoms with Gasteiger partial charge in [0.1, 0.15) is 5.82 Å². The molecule has 0 spiro atoms. The third-order valence-electron chi connectivity index (χ3n) is 4.62. The normalized spacial score (nSPS) is 14.7. The monoisotopic (exact) mass is 368 g/mol. The minimum absolute atomic E-state index is 0.383. The van der Waals surface area contributed by atoms with E-state index in [9.17, 15) is 9.59 Å². The highest BCUT2D eigenvalue weighted by molar-refractivity contribution is 6.45. The molecule has 3 aromatic rings. The molecule has 0 unspecified atom stereocenters. The number of hydrogen-bond acceptors (Lipinski definition) is 4. The van der Waals surface area contributed by atoms with Crippen LogP contribution < -0.4 is 4.90 Å². The number of carbonyl (C=O) groups excluding carboxylic acids is 2. The van der Waals surface area contributed by atoms with Crippen molar-refractivity contribution in [1.82, 2.24) is 14.9 Å². The lowest BCUT2D eigenvalue weighted by molar-refractivity contribution is -0.126. The van der Waals surface area contributed by atoms with Crippen molar-refractivity contribution in [3.63, 3.8) is 0 Å².